The second kappa shape index (κ2) is 10.1. The van der Waals surface area contributed by atoms with Crippen LogP contribution in [0.2, 0.25) is 0 Å². The van der Waals surface area contributed by atoms with E-state index >= 15 is 0 Å². The Kier molecular flexibility index (Phi) is 6.29. The van der Waals surface area contributed by atoms with Crippen LogP contribution in [0.1, 0.15) is 61.8 Å². The Morgan fingerprint density at radius 3 is 1.80 bits per heavy atom. The van der Waals surface area contributed by atoms with Gasteiger partial charge in [-0.25, -0.2) is 0 Å². The fourth-order valence-corrected chi connectivity index (χ4v) is 8.52. The first kappa shape index (κ1) is 27.3. The molecule has 0 spiro atoms. The van der Waals surface area contributed by atoms with Crippen LogP contribution in [0.15, 0.2) is 103 Å². The van der Waals surface area contributed by atoms with Gasteiger partial charge in [-0.1, -0.05) is 87.4 Å². The minimum Gasteiger partial charge on any atom is -0.311 e. The smallest absolute Gasteiger partial charge is 0.264 e. The zero-order valence-corrected chi connectivity index (χ0v) is 27.2. The van der Waals surface area contributed by atoms with Crippen molar-refractivity contribution < 1.29 is 0 Å². The van der Waals surface area contributed by atoms with E-state index in [1.165, 1.54) is 82.2 Å². The van der Waals surface area contributed by atoms with Crippen LogP contribution in [0.5, 0.6) is 0 Å². The maximum Gasteiger partial charge on any atom is 0.264 e. The normalized spacial score (nSPS) is 13.5. The Morgan fingerprint density at radius 1 is 0.591 bits per heavy atom. The third-order valence-corrected chi connectivity index (χ3v) is 10.8. The van der Waals surface area contributed by atoms with Gasteiger partial charge in [-0.05, 0) is 102 Å². The molecule has 0 aliphatic carbocycles. The second-order valence-corrected chi connectivity index (χ2v) is 14.3. The fourth-order valence-electron chi connectivity index (χ4n) is 7.22. The Balaban J connectivity index is 1.44. The number of benzene rings is 5. The molecule has 0 radical (unpaired) electrons. The number of aryl methyl sites for hydroxylation is 2. The van der Waals surface area contributed by atoms with Gasteiger partial charge in [0.2, 0.25) is 0 Å². The quantitative estimate of drug-likeness (QED) is 0.189. The van der Waals surface area contributed by atoms with Crippen molar-refractivity contribution >= 4 is 78.0 Å². The van der Waals surface area contributed by atoms with Crippen LogP contribution in [0.3, 0.4) is 0 Å². The third kappa shape index (κ3) is 4.08. The van der Waals surface area contributed by atoms with E-state index in [1.807, 2.05) is 11.3 Å². The van der Waals surface area contributed by atoms with Crippen molar-refractivity contribution in [1.82, 2.24) is 0 Å². The summed E-state index contributed by atoms with van der Waals surface area (Å²) in [5.41, 5.74) is 15.7. The maximum absolute atomic E-state index is 2.55. The third-order valence-electron chi connectivity index (χ3n) is 9.53. The van der Waals surface area contributed by atoms with Crippen LogP contribution in [0.25, 0.3) is 10.1 Å². The summed E-state index contributed by atoms with van der Waals surface area (Å²) in [6, 6.07) is 39.4. The van der Waals surface area contributed by atoms with Crippen LogP contribution in [-0.4, -0.2) is 6.71 Å². The molecule has 0 N–H and O–H groups in total. The lowest BCUT2D eigenvalue weighted by Crippen LogP contribution is -2.60. The van der Waals surface area contributed by atoms with Crippen molar-refractivity contribution in [3.63, 3.8) is 0 Å². The molecule has 2 aliphatic heterocycles. The topological polar surface area (TPSA) is 6.48 Å². The van der Waals surface area contributed by atoms with E-state index in [0.717, 1.165) is 0 Å². The molecule has 8 rings (SSSR count). The molecule has 1 aromatic heterocycles. The van der Waals surface area contributed by atoms with E-state index in [1.54, 1.807) is 0 Å². The fraction of sp³-hybridized carbons (Fsp3) is 0.200. The number of hydrogen-bond donors (Lipinski definition) is 0. The molecule has 0 saturated heterocycles. The lowest BCUT2D eigenvalue weighted by molar-refractivity contribution is 0.866. The van der Waals surface area contributed by atoms with Crippen LogP contribution in [0, 0.1) is 13.8 Å². The highest BCUT2D eigenvalue weighted by Gasteiger charge is 2.45. The molecule has 0 atom stereocenters. The molecule has 3 heterocycles. The maximum atomic E-state index is 2.55. The zero-order chi connectivity index (χ0) is 30.3. The average molecular weight is 589 g/mol. The monoisotopic (exact) mass is 588 g/mol. The lowest BCUT2D eigenvalue weighted by atomic mass is 9.36. The van der Waals surface area contributed by atoms with Gasteiger partial charge >= 0.3 is 0 Å². The van der Waals surface area contributed by atoms with Crippen molar-refractivity contribution in [2.75, 3.05) is 9.80 Å². The average Bonchev–Trinajstić information content (AvgIpc) is 3.39. The lowest BCUT2D eigenvalue weighted by Gasteiger charge is -2.43. The summed E-state index contributed by atoms with van der Waals surface area (Å²) in [6.07, 6.45) is 0. The van der Waals surface area contributed by atoms with Gasteiger partial charge in [0.15, 0.2) is 0 Å². The van der Waals surface area contributed by atoms with Gasteiger partial charge in [0.25, 0.3) is 6.71 Å². The summed E-state index contributed by atoms with van der Waals surface area (Å²) in [6.45, 7) is 13.7. The van der Waals surface area contributed by atoms with Gasteiger partial charge in [-0.15, -0.1) is 11.3 Å². The van der Waals surface area contributed by atoms with Crippen molar-refractivity contribution in [1.29, 1.82) is 0 Å². The van der Waals surface area contributed by atoms with E-state index in [-0.39, 0.29) is 6.71 Å². The molecule has 2 aliphatic rings. The van der Waals surface area contributed by atoms with Crippen molar-refractivity contribution in [3.8, 4) is 0 Å². The number of nitrogens with zero attached hydrogens (tertiary/aromatic N) is 2. The molecule has 0 unspecified atom stereocenters. The van der Waals surface area contributed by atoms with E-state index in [2.05, 4.69) is 154 Å². The summed E-state index contributed by atoms with van der Waals surface area (Å²) >= 11 is 1.97. The summed E-state index contributed by atoms with van der Waals surface area (Å²) in [5, 5.41) is 1.34. The molecule has 44 heavy (non-hydrogen) atoms. The van der Waals surface area contributed by atoms with E-state index in [9.17, 15) is 0 Å². The van der Waals surface area contributed by atoms with Gasteiger partial charge in [-0.2, -0.15) is 0 Å². The first-order chi connectivity index (χ1) is 21.3. The summed E-state index contributed by atoms with van der Waals surface area (Å²) in [7, 11) is 0. The minimum atomic E-state index is 0.168. The molecule has 6 aromatic rings. The molecule has 0 bridgehead atoms. The first-order valence-electron chi connectivity index (χ1n) is 15.9. The van der Waals surface area contributed by atoms with Crippen LogP contribution < -0.4 is 25.5 Å². The highest BCUT2D eigenvalue weighted by Crippen LogP contribution is 2.47. The molecule has 0 saturated carbocycles. The number of hydrogen-bond acceptors (Lipinski definition) is 3. The number of fused-ring (bicyclic) bond motifs is 6. The summed E-state index contributed by atoms with van der Waals surface area (Å²) < 4.78 is 2.78. The molecular weight excluding hydrogens is 551 g/mol. The Hall–Kier alpha value is -4.28. The number of rotatable bonds is 4. The highest BCUT2D eigenvalue weighted by molar-refractivity contribution is 7.33. The molecule has 216 valence electrons. The summed E-state index contributed by atoms with van der Waals surface area (Å²) in [5.74, 6) is 0.995. The molecule has 0 amide bonds. The van der Waals surface area contributed by atoms with Gasteiger partial charge in [0.1, 0.15) is 0 Å². The second-order valence-electron chi connectivity index (χ2n) is 13.2. The Bertz CT molecular complexity index is 2050. The van der Waals surface area contributed by atoms with Crippen molar-refractivity contribution in [2.45, 2.75) is 53.4 Å². The SMILES string of the molecule is Cc1ccc2c(c1)B1c3sc4ccc(C)cc4c3N(c3ccc(C(C)C)cc3)c3cccc(c31)N2c1ccc(C(C)C)cc1. The summed E-state index contributed by atoms with van der Waals surface area (Å²) in [4.78, 5) is 5.05. The van der Waals surface area contributed by atoms with E-state index in [0.29, 0.717) is 11.8 Å². The molecular formula is C40H37BN2S. The molecule has 0 fully saturated rings. The van der Waals surface area contributed by atoms with Crippen molar-refractivity contribution in [3.05, 3.63) is 125 Å². The predicted molar refractivity (Wildman–Crippen MR) is 193 cm³/mol. The standard InChI is InChI=1S/C40H37BN2S/c1-24(2)28-12-16-30(17-13-28)42-34-20-10-27(6)23-33(34)41-38-35(42)8-7-9-36(38)43(31-18-14-29(15-19-31)25(3)4)39-32-22-26(5)11-21-37(32)44-40(39)41/h7-25H,1-6H3. The van der Waals surface area contributed by atoms with E-state index in [4.69, 9.17) is 0 Å². The molecule has 2 nitrogen and oxygen atoms in total. The Labute approximate surface area is 265 Å². The minimum absolute atomic E-state index is 0.168. The number of thiophene rings is 1. The van der Waals surface area contributed by atoms with Gasteiger partial charge in [0.05, 0.1) is 5.69 Å². The van der Waals surface area contributed by atoms with Gasteiger partial charge < -0.3 is 9.80 Å². The largest absolute Gasteiger partial charge is 0.311 e. The first-order valence-corrected chi connectivity index (χ1v) is 16.7. The highest BCUT2D eigenvalue weighted by atomic mass is 32.1. The zero-order valence-electron chi connectivity index (χ0n) is 26.3. The molecule has 4 heteroatoms. The van der Waals surface area contributed by atoms with Crippen LogP contribution >= 0.6 is 11.3 Å². The van der Waals surface area contributed by atoms with Crippen LogP contribution in [-0.2, 0) is 0 Å². The number of anilines is 6. The van der Waals surface area contributed by atoms with E-state index < -0.39 is 0 Å². The van der Waals surface area contributed by atoms with Gasteiger partial charge in [-0.3, -0.25) is 0 Å². The van der Waals surface area contributed by atoms with Crippen LogP contribution in [0.4, 0.5) is 34.1 Å². The van der Waals surface area contributed by atoms with Crippen molar-refractivity contribution in [2.24, 2.45) is 0 Å². The molecule has 5 aromatic carbocycles. The Morgan fingerprint density at radius 2 is 1.16 bits per heavy atom. The predicted octanol–water partition coefficient (Wildman–Crippen LogP) is 9.85. The van der Waals surface area contributed by atoms with Gasteiger partial charge in [0, 0.05) is 43.3 Å².